The number of anilines is 2. The van der Waals surface area contributed by atoms with Crippen molar-refractivity contribution in [1.29, 1.82) is 0 Å². The van der Waals surface area contributed by atoms with Crippen molar-refractivity contribution in [2.45, 2.75) is 13.8 Å². The van der Waals surface area contributed by atoms with Gasteiger partial charge in [-0.05, 0) is 49.9 Å². The van der Waals surface area contributed by atoms with E-state index < -0.39 is 0 Å². The number of hydrogen-bond donors (Lipinski definition) is 1. The van der Waals surface area contributed by atoms with Gasteiger partial charge in [-0.2, -0.15) is 0 Å². The van der Waals surface area contributed by atoms with Gasteiger partial charge in [0.15, 0.2) is 5.76 Å². The average molecular weight is 416 g/mol. The summed E-state index contributed by atoms with van der Waals surface area (Å²) in [6, 6.07) is 9.74. The number of benzene rings is 2. The van der Waals surface area contributed by atoms with Crippen LogP contribution in [0.1, 0.15) is 23.0 Å². The Labute approximate surface area is 174 Å². The maximum atomic E-state index is 13.6. The molecule has 1 N–H and O–H groups in total. The van der Waals surface area contributed by atoms with Gasteiger partial charge in [-0.15, -0.1) is 0 Å². The topological polar surface area (TPSA) is 48.7 Å². The highest BCUT2D eigenvalue weighted by atomic mass is 35.5. The Kier molecular flexibility index (Phi) is 5.48. The molecule has 1 aliphatic heterocycles. The molecule has 1 saturated heterocycles. The zero-order valence-electron chi connectivity index (χ0n) is 16.5. The lowest BCUT2D eigenvalue weighted by Gasteiger charge is -2.36. The number of nitrogens with one attached hydrogen (secondary N) is 1. The Morgan fingerprint density at radius 2 is 1.93 bits per heavy atom. The number of halogens is 2. The Morgan fingerprint density at radius 3 is 2.66 bits per heavy atom. The molecule has 29 heavy (non-hydrogen) atoms. The molecule has 0 spiro atoms. The van der Waals surface area contributed by atoms with E-state index in [-0.39, 0.29) is 17.5 Å². The molecule has 5 nitrogen and oxygen atoms in total. The highest BCUT2D eigenvalue weighted by molar-refractivity contribution is 6.31. The third kappa shape index (κ3) is 3.95. The second kappa shape index (κ2) is 8.05. The van der Waals surface area contributed by atoms with E-state index in [4.69, 9.17) is 16.0 Å². The first-order valence-electron chi connectivity index (χ1n) is 9.73. The normalized spacial score (nSPS) is 15.1. The second-order valence-electron chi connectivity index (χ2n) is 7.23. The number of hydrogen-bond acceptors (Lipinski definition) is 4. The maximum Gasteiger partial charge on any atom is 0.291 e. The molecule has 0 radical (unpaired) electrons. The van der Waals surface area contributed by atoms with Gasteiger partial charge in [0.1, 0.15) is 11.4 Å². The minimum atomic E-state index is -0.380. The monoisotopic (exact) mass is 415 g/mol. The molecule has 0 atom stereocenters. The molecular weight excluding hydrogens is 393 g/mol. The minimum Gasteiger partial charge on any atom is -0.451 e. The largest absolute Gasteiger partial charge is 0.451 e. The average Bonchev–Trinajstić information content (AvgIpc) is 3.04. The number of likely N-dealkylation sites (N-methyl/N-ethyl adjacent to an activating group) is 1. The van der Waals surface area contributed by atoms with Crippen LogP contribution in [-0.2, 0) is 0 Å². The van der Waals surface area contributed by atoms with Gasteiger partial charge < -0.3 is 19.5 Å². The van der Waals surface area contributed by atoms with Gasteiger partial charge in [0.25, 0.3) is 5.91 Å². The number of piperazine rings is 1. The summed E-state index contributed by atoms with van der Waals surface area (Å²) in [5.41, 5.74) is 2.66. The molecule has 1 fully saturated rings. The number of carbonyl (C=O) groups is 1. The molecule has 152 valence electrons. The first kappa shape index (κ1) is 19.7. The van der Waals surface area contributed by atoms with Gasteiger partial charge in [0.2, 0.25) is 0 Å². The molecule has 0 bridgehead atoms. The highest BCUT2D eigenvalue weighted by Crippen LogP contribution is 2.32. The number of fused-ring (bicyclic) bond motifs is 1. The van der Waals surface area contributed by atoms with E-state index in [2.05, 4.69) is 22.0 Å². The number of aryl methyl sites for hydroxylation is 1. The number of amides is 1. The molecule has 1 aliphatic rings. The van der Waals surface area contributed by atoms with Crippen LogP contribution in [0.15, 0.2) is 40.8 Å². The Hall–Kier alpha value is -2.57. The number of rotatable bonds is 4. The van der Waals surface area contributed by atoms with Crippen LogP contribution in [-0.4, -0.2) is 43.5 Å². The lowest BCUT2D eigenvalue weighted by molar-refractivity contribution is 0.0998. The van der Waals surface area contributed by atoms with Crippen molar-refractivity contribution in [3.8, 4) is 0 Å². The van der Waals surface area contributed by atoms with Crippen molar-refractivity contribution in [3.05, 3.63) is 58.6 Å². The van der Waals surface area contributed by atoms with E-state index >= 15 is 0 Å². The van der Waals surface area contributed by atoms with Gasteiger partial charge >= 0.3 is 0 Å². The molecule has 1 aromatic heterocycles. The van der Waals surface area contributed by atoms with Crippen LogP contribution in [0.5, 0.6) is 0 Å². The summed E-state index contributed by atoms with van der Waals surface area (Å²) in [6.45, 7) is 8.64. The van der Waals surface area contributed by atoms with Crippen LogP contribution < -0.4 is 10.2 Å². The smallest absolute Gasteiger partial charge is 0.291 e. The van der Waals surface area contributed by atoms with Crippen molar-refractivity contribution in [1.82, 2.24) is 4.90 Å². The predicted molar refractivity (Wildman–Crippen MR) is 115 cm³/mol. The number of nitrogens with zero attached hydrogens (tertiary/aromatic N) is 2. The second-order valence-corrected chi connectivity index (χ2v) is 7.67. The minimum absolute atomic E-state index is 0.173. The van der Waals surface area contributed by atoms with Crippen LogP contribution in [0, 0.1) is 12.7 Å². The van der Waals surface area contributed by atoms with E-state index in [1.54, 1.807) is 13.0 Å². The fraction of sp³-hybridized carbons (Fsp3) is 0.318. The van der Waals surface area contributed by atoms with Gasteiger partial charge in [-0.25, -0.2) is 4.39 Å². The summed E-state index contributed by atoms with van der Waals surface area (Å²) < 4.78 is 19.3. The standard InChI is InChI=1S/C22H23ClFN3O2/c1-3-26-8-10-27(11-9-26)19-6-4-15(23)12-18(19)25-22(28)21-14(2)17-13-16(24)5-7-20(17)29-21/h4-7,12-13H,3,8-11H2,1-2H3,(H,25,28). The third-order valence-electron chi connectivity index (χ3n) is 5.47. The van der Waals surface area contributed by atoms with Crippen LogP contribution in [0.2, 0.25) is 5.02 Å². The van der Waals surface area contributed by atoms with Gasteiger partial charge in [-0.3, -0.25) is 4.79 Å². The van der Waals surface area contributed by atoms with Crippen LogP contribution in [0.3, 0.4) is 0 Å². The zero-order valence-corrected chi connectivity index (χ0v) is 17.2. The highest BCUT2D eigenvalue weighted by Gasteiger charge is 2.22. The van der Waals surface area contributed by atoms with E-state index in [9.17, 15) is 9.18 Å². The maximum absolute atomic E-state index is 13.6. The third-order valence-corrected chi connectivity index (χ3v) is 5.71. The van der Waals surface area contributed by atoms with Gasteiger partial charge in [-0.1, -0.05) is 18.5 Å². The Morgan fingerprint density at radius 1 is 1.17 bits per heavy atom. The Balaban J connectivity index is 1.62. The van der Waals surface area contributed by atoms with Crippen LogP contribution in [0.25, 0.3) is 11.0 Å². The first-order chi connectivity index (χ1) is 14.0. The van der Waals surface area contributed by atoms with E-state index in [1.807, 2.05) is 12.1 Å². The predicted octanol–water partition coefficient (Wildman–Crippen LogP) is 4.93. The Bertz CT molecular complexity index is 1060. The van der Waals surface area contributed by atoms with Crippen molar-refractivity contribution in [2.75, 3.05) is 42.9 Å². The molecule has 0 unspecified atom stereocenters. The van der Waals surface area contributed by atoms with Crippen molar-refractivity contribution >= 4 is 39.9 Å². The fourth-order valence-corrected chi connectivity index (χ4v) is 3.95. The van der Waals surface area contributed by atoms with Crippen LogP contribution in [0.4, 0.5) is 15.8 Å². The summed E-state index contributed by atoms with van der Waals surface area (Å²) in [5, 5.41) is 4.08. The summed E-state index contributed by atoms with van der Waals surface area (Å²) in [6.07, 6.45) is 0. The SMILES string of the molecule is CCN1CCN(c2ccc(Cl)cc2NC(=O)c2oc3ccc(F)cc3c2C)CC1. The first-order valence-corrected chi connectivity index (χ1v) is 10.1. The molecule has 4 rings (SSSR count). The van der Waals surface area contributed by atoms with Gasteiger partial charge in [0, 0.05) is 42.2 Å². The lowest BCUT2D eigenvalue weighted by Crippen LogP contribution is -2.46. The van der Waals surface area contributed by atoms with Crippen molar-refractivity contribution < 1.29 is 13.6 Å². The van der Waals surface area contributed by atoms with Crippen molar-refractivity contribution in [3.63, 3.8) is 0 Å². The molecule has 7 heteroatoms. The lowest BCUT2D eigenvalue weighted by atomic mass is 10.1. The van der Waals surface area contributed by atoms with Crippen molar-refractivity contribution in [2.24, 2.45) is 0 Å². The summed E-state index contributed by atoms with van der Waals surface area (Å²) >= 11 is 6.20. The number of carbonyl (C=O) groups excluding carboxylic acids is 1. The molecule has 1 amide bonds. The van der Waals surface area contributed by atoms with Gasteiger partial charge in [0.05, 0.1) is 11.4 Å². The molecular formula is C22H23ClFN3O2. The fourth-order valence-electron chi connectivity index (χ4n) is 3.78. The molecule has 2 aromatic carbocycles. The molecule has 0 aliphatic carbocycles. The summed E-state index contributed by atoms with van der Waals surface area (Å²) in [5.74, 6) is -0.571. The zero-order chi connectivity index (χ0) is 20.5. The molecule has 2 heterocycles. The summed E-state index contributed by atoms with van der Waals surface area (Å²) in [7, 11) is 0. The quantitative estimate of drug-likeness (QED) is 0.656. The number of furan rings is 1. The van der Waals surface area contributed by atoms with E-state index in [0.717, 1.165) is 38.4 Å². The van der Waals surface area contributed by atoms with Crippen LogP contribution >= 0.6 is 11.6 Å². The summed E-state index contributed by atoms with van der Waals surface area (Å²) in [4.78, 5) is 17.6. The van der Waals surface area contributed by atoms with E-state index in [1.165, 1.54) is 18.2 Å². The molecule has 0 saturated carbocycles. The van der Waals surface area contributed by atoms with E-state index in [0.29, 0.717) is 27.2 Å². The molecule has 3 aromatic rings.